The van der Waals surface area contributed by atoms with E-state index in [1.165, 1.54) is 0 Å². The van der Waals surface area contributed by atoms with E-state index in [0.717, 1.165) is 37.2 Å². The van der Waals surface area contributed by atoms with E-state index in [4.69, 9.17) is 0 Å². The first-order valence-corrected chi connectivity index (χ1v) is 7.33. The van der Waals surface area contributed by atoms with Crippen LogP contribution in [0.1, 0.15) is 51.9 Å². The first kappa shape index (κ1) is 15.9. The Balaban J connectivity index is 2.78. The molecule has 1 heterocycles. The monoisotopic (exact) mass is 266 g/mol. The molecule has 0 spiro atoms. The molecule has 1 unspecified atom stereocenters. The molecule has 0 bridgehead atoms. The highest BCUT2D eigenvalue weighted by molar-refractivity contribution is 5.85. The number of rotatable bonds is 8. The Morgan fingerprint density at radius 1 is 1.32 bits per heavy atom. The molecule has 0 aromatic carbocycles. The van der Waals surface area contributed by atoms with Gasteiger partial charge < -0.3 is 5.11 Å². The molecule has 0 aliphatic carbocycles. The number of hydrogen-bond acceptors (Lipinski definition) is 3. The summed E-state index contributed by atoms with van der Waals surface area (Å²) in [7, 11) is 0. The molecule has 1 rings (SSSR count). The molecule has 4 nitrogen and oxygen atoms in total. The van der Waals surface area contributed by atoms with Crippen LogP contribution in [0.5, 0.6) is 0 Å². The maximum absolute atomic E-state index is 12.1. The average Bonchev–Trinajstić information content (AvgIpc) is 2.82. The summed E-state index contributed by atoms with van der Waals surface area (Å²) < 4.78 is 1.86. The molecule has 0 fully saturated rings. The van der Waals surface area contributed by atoms with Gasteiger partial charge in [0.2, 0.25) is 0 Å². The quantitative estimate of drug-likeness (QED) is 0.786. The first-order chi connectivity index (χ1) is 9.07. The third-order valence-corrected chi connectivity index (χ3v) is 3.76. The molecule has 1 N–H and O–H groups in total. The number of aliphatic hydroxyl groups is 1. The zero-order valence-electron chi connectivity index (χ0n) is 12.5. The molecular formula is C15H26N2O2. The average molecular weight is 266 g/mol. The number of aromatic nitrogens is 2. The van der Waals surface area contributed by atoms with Crippen LogP contribution >= 0.6 is 0 Å². The Hall–Kier alpha value is -1.16. The molecule has 0 radical (unpaired) electrons. The minimum atomic E-state index is -0.847. The zero-order valence-corrected chi connectivity index (χ0v) is 12.5. The molecule has 0 amide bonds. The summed E-state index contributed by atoms with van der Waals surface area (Å²) in [5.41, 5.74) is 1.91. The number of ketones is 1. The molecule has 4 heteroatoms. The van der Waals surface area contributed by atoms with Crippen molar-refractivity contribution in [1.82, 2.24) is 9.78 Å². The van der Waals surface area contributed by atoms with Gasteiger partial charge in [-0.25, -0.2) is 0 Å². The predicted octanol–water partition coefficient (Wildman–Crippen LogP) is 2.37. The predicted molar refractivity (Wildman–Crippen MR) is 76.1 cm³/mol. The number of hydrogen-bond donors (Lipinski definition) is 1. The van der Waals surface area contributed by atoms with Gasteiger partial charge in [0.15, 0.2) is 5.78 Å². The number of aryl methyl sites for hydroxylation is 2. The van der Waals surface area contributed by atoms with Gasteiger partial charge in [-0.1, -0.05) is 33.6 Å². The van der Waals surface area contributed by atoms with Crippen molar-refractivity contribution in [3.05, 3.63) is 17.5 Å². The second kappa shape index (κ2) is 7.43. The minimum absolute atomic E-state index is 0.0659. The van der Waals surface area contributed by atoms with E-state index in [-0.39, 0.29) is 18.1 Å². The Labute approximate surface area is 115 Å². The Morgan fingerprint density at radius 2 is 1.95 bits per heavy atom. The summed E-state index contributed by atoms with van der Waals surface area (Å²) in [5, 5.41) is 14.5. The third kappa shape index (κ3) is 3.90. The molecule has 1 aromatic rings. The van der Waals surface area contributed by atoms with E-state index < -0.39 is 6.10 Å². The van der Waals surface area contributed by atoms with Crippen LogP contribution in [0.2, 0.25) is 0 Å². The van der Waals surface area contributed by atoms with Crippen LogP contribution in [0.15, 0.2) is 6.07 Å². The molecular weight excluding hydrogens is 240 g/mol. The second-order valence-electron chi connectivity index (χ2n) is 4.96. The number of aliphatic hydroxyl groups excluding tert-OH is 1. The highest BCUT2D eigenvalue weighted by atomic mass is 16.3. The van der Waals surface area contributed by atoms with Gasteiger partial charge in [0.05, 0.1) is 12.1 Å². The van der Waals surface area contributed by atoms with Crippen molar-refractivity contribution >= 4 is 5.78 Å². The third-order valence-electron chi connectivity index (χ3n) is 3.76. The summed E-state index contributed by atoms with van der Waals surface area (Å²) in [5.74, 6) is -0.0258. The Morgan fingerprint density at radius 3 is 2.42 bits per heavy atom. The van der Waals surface area contributed by atoms with Crippen molar-refractivity contribution in [2.75, 3.05) is 0 Å². The van der Waals surface area contributed by atoms with Gasteiger partial charge >= 0.3 is 0 Å². The van der Waals surface area contributed by atoms with Crippen LogP contribution < -0.4 is 0 Å². The molecule has 19 heavy (non-hydrogen) atoms. The molecule has 0 aliphatic heterocycles. The van der Waals surface area contributed by atoms with Crippen molar-refractivity contribution in [2.45, 2.75) is 66.0 Å². The number of carbonyl (C=O) groups is 1. The lowest BCUT2D eigenvalue weighted by Gasteiger charge is -2.18. The molecule has 0 saturated carbocycles. The molecule has 0 saturated heterocycles. The smallest absolute Gasteiger partial charge is 0.167 e. The SMILES string of the molecule is CCc1cc(CC(=O)C(O)C(CC)CC)n(CC)n1. The number of nitrogens with zero attached hydrogens (tertiary/aromatic N) is 2. The van der Waals surface area contributed by atoms with Crippen LogP contribution in [0.25, 0.3) is 0 Å². The summed E-state index contributed by atoms with van der Waals surface area (Å²) in [6, 6.07) is 1.97. The first-order valence-electron chi connectivity index (χ1n) is 7.33. The lowest BCUT2D eigenvalue weighted by atomic mass is 9.92. The molecule has 1 aromatic heterocycles. The van der Waals surface area contributed by atoms with Crippen LogP contribution in [0.3, 0.4) is 0 Å². The van der Waals surface area contributed by atoms with Crippen LogP contribution in [-0.2, 0) is 24.2 Å². The van der Waals surface area contributed by atoms with Crippen molar-refractivity contribution in [3.8, 4) is 0 Å². The van der Waals surface area contributed by atoms with Crippen molar-refractivity contribution in [2.24, 2.45) is 5.92 Å². The van der Waals surface area contributed by atoms with E-state index in [1.54, 1.807) is 0 Å². The van der Waals surface area contributed by atoms with E-state index in [1.807, 2.05) is 38.4 Å². The Bertz CT molecular complexity index is 408. The van der Waals surface area contributed by atoms with Gasteiger partial charge in [-0.2, -0.15) is 5.10 Å². The maximum atomic E-state index is 12.1. The highest BCUT2D eigenvalue weighted by Crippen LogP contribution is 2.16. The zero-order chi connectivity index (χ0) is 14.4. The number of Topliss-reactive ketones (excluding diaryl/α,β-unsaturated/α-hetero) is 1. The van der Waals surface area contributed by atoms with Crippen molar-refractivity contribution in [1.29, 1.82) is 0 Å². The maximum Gasteiger partial charge on any atom is 0.167 e. The summed E-state index contributed by atoms with van der Waals surface area (Å²) >= 11 is 0. The van der Waals surface area contributed by atoms with Gasteiger partial charge in [-0.05, 0) is 25.3 Å². The van der Waals surface area contributed by atoms with Gasteiger partial charge in [0, 0.05) is 12.2 Å². The minimum Gasteiger partial charge on any atom is -0.385 e. The normalized spacial score (nSPS) is 12.9. The van der Waals surface area contributed by atoms with Crippen LogP contribution in [0.4, 0.5) is 0 Å². The van der Waals surface area contributed by atoms with E-state index >= 15 is 0 Å². The van der Waals surface area contributed by atoms with E-state index in [2.05, 4.69) is 5.10 Å². The summed E-state index contributed by atoms with van der Waals surface area (Å²) in [6.07, 6.45) is 1.95. The molecule has 0 aliphatic rings. The molecule has 1 atom stereocenters. The van der Waals surface area contributed by atoms with Crippen LogP contribution in [-0.4, -0.2) is 26.8 Å². The van der Waals surface area contributed by atoms with E-state index in [9.17, 15) is 9.90 Å². The van der Waals surface area contributed by atoms with Gasteiger partial charge in [0.25, 0.3) is 0 Å². The second-order valence-corrected chi connectivity index (χ2v) is 4.96. The summed E-state index contributed by atoms with van der Waals surface area (Å²) in [6.45, 7) is 8.83. The van der Waals surface area contributed by atoms with Gasteiger partial charge in [-0.3, -0.25) is 9.48 Å². The van der Waals surface area contributed by atoms with Gasteiger partial charge in [0.1, 0.15) is 6.10 Å². The highest BCUT2D eigenvalue weighted by Gasteiger charge is 2.24. The lowest BCUT2D eigenvalue weighted by Crippen LogP contribution is -2.30. The molecule has 108 valence electrons. The fourth-order valence-electron chi connectivity index (χ4n) is 2.39. The Kier molecular flexibility index (Phi) is 6.22. The van der Waals surface area contributed by atoms with E-state index in [0.29, 0.717) is 0 Å². The van der Waals surface area contributed by atoms with Crippen LogP contribution in [0, 0.1) is 5.92 Å². The largest absolute Gasteiger partial charge is 0.385 e. The van der Waals surface area contributed by atoms with Gasteiger partial charge in [-0.15, -0.1) is 0 Å². The standard InChI is InChI=1S/C15H26N2O2/c1-5-11(6-2)15(19)14(18)10-13-9-12(7-3)16-17(13)8-4/h9,11,15,19H,5-8,10H2,1-4H3. The van der Waals surface area contributed by atoms with Crippen molar-refractivity contribution < 1.29 is 9.90 Å². The topological polar surface area (TPSA) is 55.1 Å². The number of carbonyl (C=O) groups excluding carboxylic acids is 1. The fraction of sp³-hybridized carbons (Fsp3) is 0.733. The fourth-order valence-corrected chi connectivity index (χ4v) is 2.39. The lowest BCUT2D eigenvalue weighted by molar-refractivity contribution is -0.129. The van der Waals surface area contributed by atoms with Crippen molar-refractivity contribution in [3.63, 3.8) is 0 Å². The summed E-state index contributed by atoms with van der Waals surface area (Å²) in [4.78, 5) is 12.1.